The Morgan fingerprint density at radius 1 is 1.60 bits per heavy atom. The van der Waals surface area contributed by atoms with Crippen LogP contribution in [0.4, 0.5) is 0 Å². The molecule has 0 heterocycles. The molecule has 0 rings (SSSR count). The van der Waals surface area contributed by atoms with Gasteiger partial charge in [-0.1, -0.05) is 0 Å². The van der Waals surface area contributed by atoms with Gasteiger partial charge in [-0.05, 0) is 12.5 Å². The molecule has 0 fully saturated rings. The Bertz CT molecular complexity index is 151. The first kappa shape index (κ1) is 9.98. The van der Waals surface area contributed by atoms with Gasteiger partial charge in [0.1, 0.15) is 0 Å². The van der Waals surface area contributed by atoms with E-state index in [-0.39, 0.29) is 0 Å². The zero-order valence-electron chi connectivity index (χ0n) is 5.11. The Morgan fingerprint density at radius 2 is 2.20 bits per heavy atom. The topological polar surface area (TPSA) is 66.8 Å². The molecule has 0 aliphatic heterocycles. The van der Waals surface area contributed by atoms with Crippen LogP contribution >= 0.6 is 19.4 Å². The second kappa shape index (κ2) is 4.74. The zero-order chi connectivity index (χ0) is 8.04. The Kier molecular flexibility index (Phi) is 4.73. The van der Waals surface area contributed by atoms with Crippen molar-refractivity contribution in [2.24, 2.45) is 0 Å². The summed E-state index contributed by atoms with van der Waals surface area (Å²) < 4.78 is 13.9. The number of allylic oxidation sites excluding steroid dienone is 1. The highest BCUT2D eigenvalue weighted by atomic mass is 35.5. The summed E-state index contributed by atoms with van der Waals surface area (Å²) in [5.41, 5.74) is 0. The normalized spacial score (nSPS) is 12.3. The molecule has 0 unspecified atom stereocenters. The van der Waals surface area contributed by atoms with Gasteiger partial charge in [0.2, 0.25) is 0 Å². The lowest BCUT2D eigenvalue weighted by Crippen LogP contribution is -1.78. The highest BCUT2D eigenvalue weighted by Gasteiger charge is 2.10. The van der Waals surface area contributed by atoms with E-state index in [0.717, 1.165) is 6.26 Å². The van der Waals surface area contributed by atoms with Crippen LogP contribution in [0.1, 0.15) is 6.42 Å². The third kappa shape index (κ3) is 7.98. The summed E-state index contributed by atoms with van der Waals surface area (Å²) >= 11 is 5.25. The average molecular weight is 187 g/mol. The molecule has 60 valence electrons. The zero-order valence-corrected chi connectivity index (χ0v) is 6.76. The van der Waals surface area contributed by atoms with Crippen molar-refractivity contribution in [3.05, 3.63) is 12.3 Å². The summed E-state index contributed by atoms with van der Waals surface area (Å²) in [6, 6.07) is 0. The highest BCUT2D eigenvalue weighted by Crippen LogP contribution is 2.35. The molecule has 6 heteroatoms. The van der Waals surface area contributed by atoms with Crippen LogP contribution in [-0.2, 0) is 9.09 Å². The van der Waals surface area contributed by atoms with E-state index in [1.165, 1.54) is 6.08 Å². The van der Waals surface area contributed by atoms with E-state index in [1.54, 1.807) is 0 Å². The number of phosphoric acid groups is 1. The summed E-state index contributed by atoms with van der Waals surface area (Å²) in [6.07, 6.45) is 2.91. The predicted molar refractivity (Wildman–Crippen MR) is 37.6 cm³/mol. The quantitative estimate of drug-likeness (QED) is 0.394. The fourth-order valence-corrected chi connectivity index (χ4v) is 0.624. The third-order valence-corrected chi connectivity index (χ3v) is 1.18. The number of hydrogen-bond donors (Lipinski definition) is 2. The van der Waals surface area contributed by atoms with Crippen molar-refractivity contribution in [3.63, 3.8) is 0 Å². The number of halogens is 1. The molecule has 10 heavy (non-hydrogen) atoms. The van der Waals surface area contributed by atoms with Crippen molar-refractivity contribution in [1.29, 1.82) is 0 Å². The van der Waals surface area contributed by atoms with Gasteiger partial charge in [-0.25, -0.2) is 4.57 Å². The fraction of sp³-hybridized carbons (Fsp3) is 0.500. The van der Waals surface area contributed by atoms with Crippen LogP contribution in [0.3, 0.4) is 0 Å². The van der Waals surface area contributed by atoms with E-state index < -0.39 is 7.82 Å². The highest BCUT2D eigenvalue weighted by molar-refractivity contribution is 7.46. The van der Waals surface area contributed by atoms with Gasteiger partial charge in [-0.15, -0.1) is 11.6 Å². The van der Waals surface area contributed by atoms with Gasteiger partial charge in [-0.3, -0.25) is 9.79 Å². The fourth-order valence-electron chi connectivity index (χ4n) is 0.253. The molecule has 0 saturated heterocycles. The lowest BCUT2D eigenvalue weighted by molar-refractivity contribution is 0.258. The monoisotopic (exact) mass is 186 g/mol. The van der Waals surface area contributed by atoms with Gasteiger partial charge >= 0.3 is 7.82 Å². The molecule has 0 radical (unpaired) electrons. The maximum absolute atomic E-state index is 9.98. The summed E-state index contributed by atoms with van der Waals surface area (Å²) in [5, 5.41) is 0. The van der Waals surface area contributed by atoms with E-state index in [2.05, 4.69) is 4.52 Å². The van der Waals surface area contributed by atoms with Crippen LogP contribution in [-0.4, -0.2) is 15.7 Å². The van der Waals surface area contributed by atoms with Crippen molar-refractivity contribution in [2.75, 3.05) is 5.88 Å². The molecule has 4 nitrogen and oxygen atoms in total. The van der Waals surface area contributed by atoms with Gasteiger partial charge in [0.25, 0.3) is 0 Å². The SMILES string of the molecule is O=P(O)(O)OC=CCCCl. The first-order chi connectivity index (χ1) is 4.56. The van der Waals surface area contributed by atoms with Crippen LogP contribution in [0.15, 0.2) is 12.3 Å². The number of rotatable bonds is 4. The van der Waals surface area contributed by atoms with Crippen LogP contribution in [0, 0.1) is 0 Å². The Morgan fingerprint density at radius 3 is 2.60 bits per heavy atom. The van der Waals surface area contributed by atoms with E-state index in [9.17, 15) is 4.57 Å². The number of alkyl halides is 1. The second-order valence-electron chi connectivity index (χ2n) is 1.45. The summed E-state index contributed by atoms with van der Waals surface area (Å²) in [5.74, 6) is 0.404. The van der Waals surface area contributed by atoms with Gasteiger partial charge in [0, 0.05) is 5.88 Å². The molecule has 0 amide bonds. The first-order valence-corrected chi connectivity index (χ1v) is 4.57. The minimum Gasteiger partial charge on any atom is -0.413 e. The molecule has 0 aliphatic carbocycles. The summed E-state index contributed by atoms with van der Waals surface area (Å²) in [7, 11) is -4.34. The molecule has 0 aliphatic rings. The van der Waals surface area contributed by atoms with Gasteiger partial charge in [0.05, 0.1) is 6.26 Å². The molecule has 0 saturated carbocycles. The maximum Gasteiger partial charge on any atom is 0.524 e. The van der Waals surface area contributed by atoms with Gasteiger partial charge in [0.15, 0.2) is 0 Å². The molecular weight excluding hydrogens is 178 g/mol. The minimum atomic E-state index is -4.34. The molecule has 0 spiro atoms. The van der Waals surface area contributed by atoms with Crippen molar-refractivity contribution in [2.45, 2.75) is 6.42 Å². The minimum absolute atomic E-state index is 0.404. The molecule has 0 aromatic carbocycles. The smallest absolute Gasteiger partial charge is 0.413 e. The van der Waals surface area contributed by atoms with Crippen molar-refractivity contribution in [3.8, 4) is 0 Å². The lowest BCUT2D eigenvalue weighted by Gasteiger charge is -1.98. The largest absolute Gasteiger partial charge is 0.524 e. The van der Waals surface area contributed by atoms with Crippen LogP contribution < -0.4 is 0 Å². The lowest BCUT2D eigenvalue weighted by atomic mass is 10.5. The predicted octanol–water partition coefficient (Wildman–Crippen LogP) is 1.24. The number of hydrogen-bond acceptors (Lipinski definition) is 2. The van der Waals surface area contributed by atoms with Crippen molar-refractivity contribution < 1.29 is 18.9 Å². The van der Waals surface area contributed by atoms with E-state index in [0.29, 0.717) is 12.3 Å². The standard InChI is InChI=1S/C4H8ClO4P/c5-3-1-2-4-9-10(6,7)8/h2,4H,1,3H2,(H2,6,7,8). The van der Waals surface area contributed by atoms with Gasteiger partial charge in [-0.2, -0.15) is 0 Å². The summed E-state index contributed by atoms with van der Waals surface area (Å²) in [6.45, 7) is 0. The molecule has 0 atom stereocenters. The Balaban J connectivity index is 3.44. The molecule has 2 N–H and O–H groups in total. The average Bonchev–Trinajstić information content (AvgIpc) is 1.78. The van der Waals surface area contributed by atoms with Gasteiger partial charge < -0.3 is 4.52 Å². The van der Waals surface area contributed by atoms with Crippen LogP contribution in [0.25, 0.3) is 0 Å². The van der Waals surface area contributed by atoms with Crippen molar-refractivity contribution in [1.82, 2.24) is 0 Å². The summed E-state index contributed by atoms with van der Waals surface area (Å²) in [4.78, 5) is 16.2. The van der Waals surface area contributed by atoms with Crippen LogP contribution in [0.2, 0.25) is 0 Å². The third-order valence-electron chi connectivity index (χ3n) is 0.570. The Labute approximate surface area is 63.7 Å². The molecule has 0 aromatic rings. The van der Waals surface area contributed by atoms with E-state index >= 15 is 0 Å². The maximum atomic E-state index is 9.98. The second-order valence-corrected chi connectivity index (χ2v) is 3.02. The molecular formula is C4H8ClO4P. The Hall–Kier alpha value is -0.0200. The molecule has 0 bridgehead atoms. The van der Waals surface area contributed by atoms with E-state index in [1.807, 2.05) is 0 Å². The first-order valence-electron chi connectivity index (χ1n) is 2.51. The molecule has 0 aromatic heterocycles. The number of phosphoric ester groups is 1. The van der Waals surface area contributed by atoms with Crippen LogP contribution in [0.5, 0.6) is 0 Å². The van der Waals surface area contributed by atoms with Crippen molar-refractivity contribution >= 4 is 19.4 Å². The van der Waals surface area contributed by atoms with E-state index in [4.69, 9.17) is 21.4 Å².